The molecule has 0 bridgehead atoms. The molecule has 1 unspecified atom stereocenters. The predicted octanol–water partition coefficient (Wildman–Crippen LogP) is 1.68. The molecule has 1 aromatic carbocycles. The fourth-order valence-electron chi connectivity index (χ4n) is 2.40. The van der Waals surface area contributed by atoms with E-state index >= 15 is 0 Å². The maximum Gasteiger partial charge on any atom is 0.321 e. The Balaban J connectivity index is 1.50. The van der Waals surface area contributed by atoms with E-state index in [1.165, 1.54) is 11.8 Å². The Morgan fingerprint density at radius 3 is 2.96 bits per heavy atom. The second-order valence-electron chi connectivity index (χ2n) is 5.76. The van der Waals surface area contributed by atoms with Gasteiger partial charge in [0.25, 0.3) is 0 Å². The number of urea groups is 1. The summed E-state index contributed by atoms with van der Waals surface area (Å²) < 4.78 is 1.87. The molecule has 1 saturated carbocycles. The molecule has 1 aliphatic rings. The van der Waals surface area contributed by atoms with Gasteiger partial charge < -0.3 is 5.32 Å². The first-order valence-electron chi connectivity index (χ1n) is 7.71. The SMILES string of the molecule is CC(Sc1n[nH]c2nc3ccccc3n12)C(=O)NC(=O)NC1CC1. The molecular formula is C15H16N6O2S. The van der Waals surface area contributed by atoms with Crippen LogP contribution in [0.5, 0.6) is 0 Å². The van der Waals surface area contributed by atoms with Crippen molar-refractivity contribution in [1.82, 2.24) is 30.2 Å². The number of aromatic amines is 1. The van der Waals surface area contributed by atoms with E-state index in [1.807, 2.05) is 28.7 Å². The Morgan fingerprint density at radius 2 is 2.17 bits per heavy atom. The highest BCUT2D eigenvalue weighted by Gasteiger charge is 2.26. The van der Waals surface area contributed by atoms with Crippen LogP contribution in [0.1, 0.15) is 19.8 Å². The van der Waals surface area contributed by atoms with Gasteiger partial charge in [0.1, 0.15) is 0 Å². The van der Waals surface area contributed by atoms with Crippen molar-refractivity contribution >= 4 is 40.5 Å². The molecule has 4 rings (SSSR count). The molecule has 0 saturated heterocycles. The van der Waals surface area contributed by atoms with Crippen molar-refractivity contribution in [3.05, 3.63) is 24.3 Å². The smallest absolute Gasteiger partial charge is 0.321 e. The summed E-state index contributed by atoms with van der Waals surface area (Å²) in [5.74, 6) is 0.275. The van der Waals surface area contributed by atoms with Gasteiger partial charge in [0.2, 0.25) is 11.7 Å². The minimum atomic E-state index is -0.470. The topological polar surface area (TPSA) is 104 Å². The van der Waals surface area contributed by atoms with Crippen LogP contribution in [0.2, 0.25) is 0 Å². The van der Waals surface area contributed by atoms with Crippen LogP contribution >= 0.6 is 11.8 Å². The van der Waals surface area contributed by atoms with Gasteiger partial charge in [-0.25, -0.2) is 14.9 Å². The summed E-state index contributed by atoms with van der Waals surface area (Å²) in [6.07, 6.45) is 1.95. The number of hydrogen-bond acceptors (Lipinski definition) is 5. The van der Waals surface area contributed by atoms with E-state index < -0.39 is 11.3 Å². The third kappa shape index (κ3) is 2.82. The average Bonchev–Trinajstić information content (AvgIpc) is 3.16. The number of imidazole rings is 1. The fourth-order valence-corrected chi connectivity index (χ4v) is 3.27. The molecular weight excluding hydrogens is 328 g/mol. The first kappa shape index (κ1) is 15.0. The van der Waals surface area contributed by atoms with E-state index in [2.05, 4.69) is 25.8 Å². The summed E-state index contributed by atoms with van der Waals surface area (Å²) in [7, 11) is 0. The molecule has 2 heterocycles. The lowest BCUT2D eigenvalue weighted by molar-refractivity contribution is -0.119. The average molecular weight is 344 g/mol. The molecule has 0 spiro atoms. The number of carbonyl (C=O) groups excluding carboxylic acids is 2. The fraction of sp³-hybridized carbons (Fsp3) is 0.333. The first-order valence-corrected chi connectivity index (χ1v) is 8.59. The van der Waals surface area contributed by atoms with Crippen LogP contribution in [0.25, 0.3) is 16.8 Å². The Morgan fingerprint density at radius 1 is 1.38 bits per heavy atom. The van der Waals surface area contributed by atoms with Crippen molar-refractivity contribution in [1.29, 1.82) is 0 Å². The molecule has 124 valence electrons. The molecule has 24 heavy (non-hydrogen) atoms. The van der Waals surface area contributed by atoms with Crippen LogP contribution in [-0.4, -0.2) is 42.8 Å². The molecule has 3 amide bonds. The van der Waals surface area contributed by atoms with Gasteiger partial charge in [-0.2, -0.15) is 0 Å². The maximum atomic E-state index is 12.2. The number of aromatic nitrogens is 4. The molecule has 9 heteroatoms. The third-order valence-electron chi connectivity index (χ3n) is 3.80. The number of thioether (sulfide) groups is 1. The number of imide groups is 1. The molecule has 8 nitrogen and oxygen atoms in total. The number of benzene rings is 1. The summed E-state index contributed by atoms with van der Waals surface area (Å²) in [4.78, 5) is 28.3. The van der Waals surface area contributed by atoms with Gasteiger partial charge in [-0.1, -0.05) is 23.9 Å². The van der Waals surface area contributed by atoms with E-state index in [0.29, 0.717) is 10.9 Å². The van der Waals surface area contributed by atoms with Gasteiger partial charge in [0.15, 0.2) is 5.16 Å². The van der Waals surface area contributed by atoms with Crippen molar-refractivity contribution in [2.24, 2.45) is 0 Å². The molecule has 1 aliphatic carbocycles. The van der Waals surface area contributed by atoms with Crippen molar-refractivity contribution in [2.75, 3.05) is 0 Å². The zero-order valence-electron chi connectivity index (χ0n) is 12.9. The Bertz CT molecular complexity index is 928. The quantitative estimate of drug-likeness (QED) is 0.625. The van der Waals surface area contributed by atoms with Gasteiger partial charge >= 0.3 is 6.03 Å². The standard InChI is InChI=1S/C15H16N6O2S/c1-8(12(22)18-14(23)16-9-6-7-9)24-15-20-19-13-17-10-4-2-3-5-11(10)21(13)15/h2-5,8-9H,6-7H2,1H3,(H,17,19)(H2,16,18,22,23). The maximum absolute atomic E-state index is 12.2. The number of hydrogen-bond donors (Lipinski definition) is 3. The summed E-state index contributed by atoms with van der Waals surface area (Å²) in [6, 6.07) is 7.49. The lowest BCUT2D eigenvalue weighted by atomic mass is 10.3. The van der Waals surface area contributed by atoms with Crippen molar-refractivity contribution in [3.8, 4) is 0 Å². The Kier molecular flexibility index (Phi) is 3.64. The van der Waals surface area contributed by atoms with Crippen molar-refractivity contribution in [2.45, 2.75) is 36.2 Å². The zero-order chi connectivity index (χ0) is 16.7. The number of nitrogens with zero attached hydrogens (tertiary/aromatic N) is 3. The minimum absolute atomic E-state index is 0.212. The van der Waals surface area contributed by atoms with Crippen molar-refractivity contribution in [3.63, 3.8) is 0 Å². The third-order valence-corrected chi connectivity index (χ3v) is 4.86. The second-order valence-corrected chi connectivity index (χ2v) is 7.07. The van der Waals surface area contributed by atoms with Crippen LogP contribution in [0.15, 0.2) is 29.4 Å². The van der Waals surface area contributed by atoms with Gasteiger partial charge in [0, 0.05) is 6.04 Å². The molecule has 1 fully saturated rings. The highest BCUT2D eigenvalue weighted by molar-refractivity contribution is 8.00. The molecule has 3 N–H and O–H groups in total. The molecule has 3 aromatic rings. The number of amides is 3. The Hall–Kier alpha value is -2.55. The van der Waals surface area contributed by atoms with Gasteiger partial charge in [-0.05, 0) is 31.9 Å². The monoisotopic (exact) mass is 344 g/mol. The van der Waals surface area contributed by atoms with Crippen LogP contribution in [0.4, 0.5) is 4.79 Å². The number of rotatable bonds is 4. The van der Waals surface area contributed by atoms with Crippen LogP contribution < -0.4 is 10.6 Å². The zero-order valence-corrected chi connectivity index (χ0v) is 13.8. The van der Waals surface area contributed by atoms with Gasteiger partial charge in [-0.15, -0.1) is 5.10 Å². The second kappa shape index (κ2) is 5.82. The van der Waals surface area contributed by atoms with E-state index in [4.69, 9.17) is 0 Å². The lowest BCUT2D eigenvalue weighted by Crippen LogP contribution is -2.43. The molecule has 0 radical (unpaired) electrons. The van der Waals surface area contributed by atoms with Crippen LogP contribution in [0, 0.1) is 0 Å². The number of fused-ring (bicyclic) bond motifs is 3. The first-order chi connectivity index (χ1) is 11.6. The largest absolute Gasteiger partial charge is 0.335 e. The molecule has 2 aromatic heterocycles. The normalized spacial score (nSPS) is 15.5. The summed E-state index contributed by atoms with van der Waals surface area (Å²) >= 11 is 1.27. The summed E-state index contributed by atoms with van der Waals surface area (Å²) in [5, 5.41) is 12.4. The number of para-hydroxylation sites is 2. The van der Waals surface area contributed by atoms with E-state index in [9.17, 15) is 9.59 Å². The van der Waals surface area contributed by atoms with Crippen LogP contribution in [-0.2, 0) is 4.79 Å². The molecule has 0 aliphatic heterocycles. The highest BCUT2D eigenvalue weighted by Crippen LogP contribution is 2.26. The van der Waals surface area contributed by atoms with E-state index in [-0.39, 0.29) is 11.9 Å². The van der Waals surface area contributed by atoms with E-state index in [0.717, 1.165) is 23.9 Å². The Labute approximate surface area is 141 Å². The lowest BCUT2D eigenvalue weighted by Gasteiger charge is -2.10. The number of H-pyrrole nitrogens is 1. The van der Waals surface area contributed by atoms with Crippen molar-refractivity contribution < 1.29 is 9.59 Å². The minimum Gasteiger partial charge on any atom is -0.335 e. The van der Waals surface area contributed by atoms with Gasteiger partial charge in [-0.3, -0.25) is 14.5 Å². The summed E-state index contributed by atoms with van der Waals surface area (Å²) in [5.41, 5.74) is 1.77. The summed E-state index contributed by atoms with van der Waals surface area (Å²) in [6.45, 7) is 1.74. The van der Waals surface area contributed by atoms with Crippen LogP contribution in [0.3, 0.4) is 0 Å². The highest BCUT2D eigenvalue weighted by atomic mass is 32.2. The number of carbonyl (C=O) groups is 2. The van der Waals surface area contributed by atoms with Gasteiger partial charge in [0.05, 0.1) is 16.3 Å². The van der Waals surface area contributed by atoms with E-state index in [1.54, 1.807) is 6.92 Å². The molecule has 1 atom stereocenters. The number of nitrogens with one attached hydrogen (secondary N) is 3. The predicted molar refractivity (Wildman–Crippen MR) is 89.9 cm³/mol.